The van der Waals surface area contributed by atoms with Crippen molar-refractivity contribution in [1.29, 1.82) is 0 Å². The Bertz CT molecular complexity index is 1400. The molecule has 1 N–H and O–H groups in total. The maximum Gasteiger partial charge on any atom is 0.188 e. The number of rotatable bonds is 6. The fourth-order valence-electron chi connectivity index (χ4n) is 3.93. The fourth-order valence-corrected chi connectivity index (χ4v) is 3.93. The molecule has 3 heterocycles. The molecule has 1 aliphatic heterocycles. The molecule has 0 bridgehead atoms. The van der Waals surface area contributed by atoms with E-state index in [9.17, 15) is 0 Å². The lowest BCUT2D eigenvalue weighted by Gasteiger charge is -2.13. The van der Waals surface area contributed by atoms with E-state index in [-0.39, 0.29) is 5.54 Å². The van der Waals surface area contributed by atoms with Gasteiger partial charge in [-0.15, -0.1) is 0 Å². The van der Waals surface area contributed by atoms with Gasteiger partial charge in [0, 0.05) is 23.7 Å². The van der Waals surface area contributed by atoms with Gasteiger partial charge in [0.1, 0.15) is 30.3 Å². The summed E-state index contributed by atoms with van der Waals surface area (Å²) in [6, 6.07) is 14.1. The number of aromatic nitrogens is 3. The van der Waals surface area contributed by atoms with Gasteiger partial charge in [-0.05, 0) is 80.8 Å². The number of aryl methyl sites for hydroxylation is 2. The van der Waals surface area contributed by atoms with E-state index in [1.165, 1.54) is 0 Å². The highest BCUT2D eigenvalue weighted by molar-refractivity contribution is 5.92. The summed E-state index contributed by atoms with van der Waals surface area (Å²) >= 11 is 0. The molecule has 0 saturated carbocycles. The number of nitrogens with one attached hydrogen (secondary N) is 1. The lowest BCUT2D eigenvalue weighted by molar-refractivity contribution is 0.275. The summed E-state index contributed by atoms with van der Waals surface area (Å²) in [6.45, 7) is 8.78. The van der Waals surface area contributed by atoms with Crippen molar-refractivity contribution in [2.75, 3.05) is 11.9 Å². The van der Waals surface area contributed by atoms with E-state index in [0.717, 1.165) is 56.5 Å². The van der Waals surface area contributed by atoms with Crippen molar-refractivity contribution < 1.29 is 9.47 Å². The zero-order valence-electron chi connectivity index (χ0n) is 19.8. The van der Waals surface area contributed by atoms with E-state index >= 15 is 0 Å². The average molecular weight is 454 g/mol. The van der Waals surface area contributed by atoms with Gasteiger partial charge in [-0.2, -0.15) is 0 Å². The Kier molecular flexibility index (Phi) is 5.61. The second-order valence-corrected chi connectivity index (χ2v) is 9.26. The zero-order valence-corrected chi connectivity index (χ0v) is 19.8. The minimum atomic E-state index is -0.161. The molecule has 0 aliphatic carbocycles. The molecule has 34 heavy (non-hydrogen) atoms. The Balaban J connectivity index is 1.38. The summed E-state index contributed by atoms with van der Waals surface area (Å²) in [5, 5.41) is 4.39. The molecular formula is C27H27N5O2. The van der Waals surface area contributed by atoms with Crippen LogP contribution in [0.25, 0.3) is 10.9 Å². The number of hydrogen-bond donors (Lipinski definition) is 1. The quantitative estimate of drug-likeness (QED) is 0.390. The van der Waals surface area contributed by atoms with Crippen molar-refractivity contribution in [3.63, 3.8) is 0 Å². The molecule has 0 radical (unpaired) electrons. The summed E-state index contributed by atoms with van der Waals surface area (Å²) in [6.07, 6.45) is 5.74. The molecule has 0 unspecified atom stereocenters. The molecule has 4 aromatic rings. The number of nitrogens with zero attached hydrogens (tertiary/aromatic N) is 4. The Morgan fingerprint density at radius 3 is 2.68 bits per heavy atom. The topological polar surface area (TPSA) is 81.5 Å². The largest absolute Gasteiger partial charge is 0.478 e. The monoisotopic (exact) mass is 453 g/mol. The van der Waals surface area contributed by atoms with Crippen LogP contribution in [0.3, 0.4) is 0 Å². The molecule has 2 aromatic heterocycles. The third kappa shape index (κ3) is 4.83. The van der Waals surface area contributed by atoms with Crippen LogP contribution in [0.2, 0.25) is 0 Å². The molecule has 172 valence electrons. The van der Waals surface area contributed by atoms with Gasteiger partial charge in [0.25, 0.3) is 0 Å². The standard InChI is InChI=1S/C27H27N5O2/c1-17-9-21(14-28-13-17)34-24-8-6-20(10-18(24)2)31-26-22-11-19(5-7-23(22)29-16-30-26)12-25-32-27(3,4)15-33-25/h5-11,13-14,16H,12,15H2,1-4H3,(H,29,30,31). The summed E-state index contributed by atoms with van der Waals surface area (Å²) in [4.78, 5) is 17.8. The van der Waals surface area contributed by atoms with Crippen molar-refractivity contribution in [3.8, 4) is 11.5 Å². The van der Waals surface area contributed by atoms with Gasteiger partial charge >= 0.3 is 0 Å². The van der Waals surface area contributed by atoms with Crippen LogP contribution in [0.15, 0.2) is 66.2 Å². The molecule has 7 heteroatoms. The SMILES string of the molecule is Cc1cncc(Oc2ccc(Nc3ncnc4ccc(CC5=NC(C)(C)CO5)cc34)cc2C)c1. The number of benzene rings is 2. The van der Waals surface area contributed by atoms with Crippen LogP contribution in [0.1, 0.15) is 30.5 Å². The number of aliphatic imine (C=N–C) groups is 1. The number of fused-ring (bicyclic) bond motifs is 1. The molecule has 0 fully saturated rings. The number of ether oxygens (including phenoxy) is 2. The van der Waals surface area contributed by atoms with E-state index in [1.54, 1.807) is 18.7 Å². The van der Waals surface area contributed by atoms with E-state index in [2.05, 4.69) is 51.2 Å². The smallest absolute Gasteiger partial charge is 0.188 e. The second kappa shape index (κ2) is 8.74. The molecule has 0 saturated heterocycles. The second-order valence-electron chi connectivity index (χ2n) is 9.26. The van der Waals surface area contributed by atoms with Gasteiger partial charge in [-0.1, -0.05) is 6.07 Å². The highest BCUT2D eigenvalue weighted by Crippen LogP contribution is 2.30. The summed E-state index contributed by atoms with van der Waals surface area (Å²) in [7, 11) is 0. The summed E-state index contributed by atoms with van der Waals surface area (Å²) in [5.74, 6) is 3.02. The van der Waals surface area contributed by atoms with Crippen molar-refractivity contribution in [3.05, 3.63) is 77.9 Å². The Hall–Kier alpha value is -4.00. The minimum Gasteiger partial charge on any atom is -0.478 e. The lowest BCUT2D eigenvalue weighted by atomic mass is 10.1. The molecule has 0 amide bonds. The summed E-state index contributed by atoms with van der Waals surface area (Å²) < 4.78 is 11.8. The number of anilines is 2. The van der Waals surface area contributed by atoms with Crippen LogP contribution in [-0.4, -0.2) is 33.0 Å². The maximum absolute atomic E-state index is 6.02. The lowest BCUT2D eigenvalue weighted by Crippen LogP contribution is -2.17. The van der Waals surface area contributed by atoms with Crippen LogP contribution in [-0.2, 0) is 11.2 Å². The van der Waals surface area contributed by atoms with E-state index in [1.807, 2.05) is 44.2 Å². The van der Waals surface area contributed by atoms with Crippen LogP contribution in [0, 0.1) is 13.8 Å². The van der Waals surface area contributed by atoms with Crippen molar-refractivity contribution in [2.45, 2.75) is 39.7 Å². The third-order valence-corrected chi connectivity index (χ3v) is 5.59. The third-order valence-electron chi connectivity index (χ3n) is 5.59. The minimum absolute atomic E-state index is 0.161. The van der Waals surface area contributed by atoms with Crippen molar-refractivity contribution >= 4 is 28.3 Å². The van der Waals surface area contributed by atoms with Crippen LogP contribution < -0.4 is 10.1 Å². The molecule has 1 aliphatic rings. The average Bonchev–Trinajstić information content (AvgIpc) is 3.14. The highest BCUT2D eigenvalue weighted by Gasteiger charge is 2.26. The number of hydrogen-bond acceptors (Lipinski definition) is 7. The van der Waals surface area contributed by atoms with Gasteiger partial charge in [-0.25, -0.2) is 15.0 Å². The fraction of sp³-hybridized carbons (Fsp3) is 0.259. The van der Waals surface area contributed by atoms with Gasteiger partial charge in [0.15, 0.2) is 5.90 Å². The highest BCUT2D eigenvalue weighted by atomic mass is 16.5. The predicted molar refractivity (Wildman–Crippen MR) is 134 cm³/mol. The van der Waals surface area contributed by atoms with Crippen molar-refractivity contribution in [1.82, 2.24) is 15.0 Å². The first-order valence-corrected chi connectivity index (χ1v) is 11.3. The Morgan fingerprint density at radius 1 is 1.03 bits per heavy atom. The first-order chi connectivity index (χ1) is 16.3. The van der Waals surface area contributed by atoms with Crippen LogP contribution in [0.5, 0.6) is 11.5 Å². The predicted octanol–water partition coefficient (Wildman–Crippen LogP) is 5.93. The molecule has 5 rings (SSSR count). The van der Waals surface area contributed by atoms with Crippen LogP contribution >= 0.6 is 0 Å². The molecular weight excluding hydrogens is 426 g/mol. The van der Waals surface area contributed by atoms with Crippen molar-refractivity contribution in [2.24, 2.45) is 4.99 Å². The van der Waals surface area contributed by atoms with E-state index in [0.29, 0.717) is 13.0 Å². The molecule has 0 spiro atoms. The van der Waals surface area contributed by atoms with E-state index < -0.39 is 0 Å². The van der Waals surface area contributed by atoms with E-state index in [4.69, 9.17) is 9.47 Å². The normalized spacial score (nSPS) is 14.5. The van der Waals surface area contributed by atoms with Crippen LogP contribution in [0.4, 0.5) is 11.5 Å². The molecule has 0 atom stereocenters. The first kappa shape index (κ1) is 21.8. The van der Waals surface area contributed by atoms with Gasteiger partial charge in [0.05, 0.1) is 17.3 Å². The zero-order chi connectivity index (χ0) is 23.7. The first-order valence-electron chi connectivity index (χ1n) is 11.3. The molecule has 2 aromatic carbocycles. The summed E-state index contributed by atoms with van der Waals surface area (Å²) in [5.41, 5.74) is 4.80. The van der Waals surface area contributed by atoms with Gasteiger partial charge in [-0.3, -0.25) is 4.98 Å². The number of pyridine rings is 1. The van der Waals surface area contributed by atoms with Gasteiger partial charge in [0.2, 0.25) is 0 Å². The Morgan fingerprint density at radius 2 is 1.91 bits per heavy atom. The Labute approximate surface area is 198 Å². The maximum atomic E-state index is 6.02. The van der Waals surface area contributed by atoms with Gasteiger partial charge < -0.3 is 14.8 Å². The molecule has 7 nitrogen and oxygen atoms in total.